The predicted octanol–water partition coefficient (Wildman–Crippen LogP) is 2.06. The molecule has 0 aromatic heterocycles. The monoisotopic (exact) mass is 311 g/mol. The summed E-state index contributed by atoms with van der Waals surface area (Å²) in [7, 11) is 2.23. The first-order chi connectivity index (χ1) is 11.1. The van der Waals surface area contributed by atoms with Gasteiger partial charge in [0, 0.05) is 29.9 Å². The predicted molar refractivity (Wildman–Crippen MR) is 85.5 cm³/mol. The Hall–Kier alpha value is -1.81. The van der Waals surface area contributed by atoms with Crippen LogP contribution in [0, 0.1) is 5.92 Å². The number of piperidine rings is 1. The Labute approximate surface area is 136 Å². The minimum absolute atomic E-state index is 0.0315. The molecular formula is C19H21NO3. The molecule has 2 aliphatic heterocycles. The lowest BCUT2D eigenvalue weighted by atomic mass is 9.53. The highest BCUT2D eigenvalue weighted by atomic mass is 16.6. The zero-order chi connectivity index (χ0) is 15.8. The smallest absolute Gasteiger partial charge is 0.303 e. The van der Waals surface area contributed by atoms with Crippen molar-refractivity contribution in [2.45, 2.75) is 43.4 Å². The van der Waals surface area contributed by atoms with Crippen LogP contribution >= 0.6 is 0 Å². The van der Waals surface area contributed by atoms with Crippen LogP contribution in [0.2, 0.25) is 0 Å². The van der Waals surface area contributed by atoms with Crippen LogP contribution in [0.15, 0.2) is 30.4 Å². The maximum atomic E-state index is 11.5. The molecule has 4 heteroatoms. The van der Waals surface area contributed by atoms with Crippen LogP contribution < -0.4 is 4.74 Å². The van der Waals surface area contributed by atoms with E-state index < -0.39 is 0 Å². The Bertz CT molecular complexity index is 727. The zero-order valence-electron chi connectivity index (χ0n) is 13.5. The van der Waals surface area contributed by atoms with Crippen LogP contribution in [0.4, 0.5) is 0 Å². The molecule has 5 unspecified atom stereocenters. The standard InChI is InChI=1S/C19H21NO3/c1-11(21)22-16-7-6-13-14-10-12-4-3-5-15-17(12)19(13,18(16)23-15)8-9-20(14)2/h3-7,13-14,16,18H,8-10H2,1-2H3. The average Bonchev–Trinajstić information content (AvgIpc) is 2.86. The molecule has 1 fully saturated rings. The third-order valence-electron chi connectivity index (χ3n) is 6.33. The largest absolute Gasteiger partial charge is 0.485 e. The topological polar surface area (TPSA) is 38.8 Å². The summed E-state index contributed by atoms with van der Waals surface area (Å²) in [6, 6.07) is 6.91. The van der Waals surface area contributed by atoms with Crippen molar-refractivity contribution in [3.05, 3.63) is 41.5 Å². The van der Waals surface area contributed by atoms with Crippen LogP contribution in [0.3, 0.4) is 0 Å². The number of esters is 1. The Morgan fingerprint density at radius 3 is 3.09 bits per heavy atom. The number of rotatable bonds is 1. The van der Waals surface area contributed by atoms with Crippen LogP contribution in [0.1, 0.15) is 24.5 Å². The van der Waals surface area contributed by atoms with Gasteiger partial charge in [0.1, 0.15) is 11.9 Å². The van der Waals surface area contributed by atoms with Crippen molar-refractivity contribution in [2.75, 3.05) is 13.6 Å². The Morgan fingerprint density at radius 1 is 1.39 bits per heavy atom. The second kappa shape index (κ2) is 4.38. The number of likely N-dealkylation sites (tertiary alicyclic amines) is 1. The molecule has 4 nitrogen and oxygen atoms in total. The van der Waals surface area contributed by atoms with E-state index in [9.17, 15) is 4.79 Å². The van der Waals surface area contributed by atoms with Crippen molar-refractivity contribution < 1.29 is 14.3 Å². The lowest BCUT2D eigenvalue weighted by Crippen LogP contribution is -2.65. The Morgan fingerprint density at radius 2 is 2.26 bits per heavy atom. The van der Waals surface area contributed by atoms with Gasteiger partial charge >= 0.3 is 5.97 Å². The van der Waals surface area contributed by atoms with Crippen molar-refractivity contribution in [1.29, 1.82) is 0 Å². The molecule has 5 rings (SSSR count). The molecule has 1 aromatic carbocycles. The van der Waals surface area contributed by atoms with Crippen LogP contribution in [0.25, 0.3) is 0 Å². The van der Waals surface area contributed by atoms with E-state index in [4.69, 9.17) is 9.47 Å². The number of benzene rings is 1. The van der Waals surface area contributed by atoms with E-state index in [1.165, 1.54) is 18.1 Å². The summed E-state index contributed by atoms with van der Waals surface area (Å²) in [4.78, 5) is 14.0. The number of nitrogens with zero attached hydrogens (tertiary/aromatic N) is 1. The van der Waals surface area contributed by atoms with Gasteiger partial charge in [-0.1, -0.05) is 18.2 Å². The molecule has 0 saturated carbocycles. The normalized spacial score (nSPS) is 39.6. The lowest BCUT2D eigenvalue weighted by molar-refractivity contribution is -0.152. The molecule has 2 aliphatic carbocycles. The lowest BCUT2D eigenvalue weighted by Gasteiger charge is -2.56. The van der Waals surface area contributed by atoms with E-state index >= 15 is 0 Å². The molecule has 120 valence electrons. The van der Waals surface area contributed by atoms with E-state index in [1.54, 1.807) is 0 Å². The van der Waals surface area contributed by atoms with Crippen LogP contribution in [0.5, 0.6) is 5.75 Å². The van der Waals surface area contributed by atoms with Crippen molar-refractivity contribution in [1.82, 2.24) is 4.90 Å². The van der Waals surface area contributed by atoms with Crippen molar-refractivity contribution in [3.8, 4) is 5.75 Å². The summed E-state index contributed by atoms with van der Waals surface area (Å²) < 4.78 is 12.0. The molecule has 0 N–H and O–H groups in total. The highest BCUT2D eigenvalue weighted by molar-refractivity contribution is 5.67. The molecule has 1 spiro atoms. The molecule has 5 atom stereocenters. The van der Waals surface area contributed by atoms with Gasteiger partial charge in [-0.3, -0.25) is 4.79 Å². The SMILES string of the molecule is CC(=O)OC1C=CC2C3Cc4cccc5c4C2(CCN3C)C1O5. The molecule has 4 aliphatic rings. The highest BCUT2D eigenvalue weighted by Crippen LogP contribution is 2.60. The number of hydrogen-bond acceptors (Lipinski definition) is 4. The van der Waals surface area contributed by atoms with Crippen molar-refractivity contribution >= 4 is 5.97 Å². The van der Waals surface area contributed by atoms with Gasteiger partial charge in [-0.25, -0.2) is 0 Å². The van der Waals surface area contributed by atoms with E-state index in [0.717, 1.165) is 25.1 Å². The molecule has 0 amide bonds. The third-order valence-corrected chi connectivity index (χ3v) is 6.33. The highest BCUT2D eigenvalue weighted by Gasteiger charge is 2.64. The zero-order valence-corrected chi connectivity index (χ0v) is 13.5. The van der Waals surface area contributed by atoms with Crippen molar-refractivity contribution in [3.63, 3.8) is 0 Å². The van der Waals surface area contributed by atoms with E-state index in [0.29, 0.717) is 12.0 Å². The second-order valence-electron chi connectivity index (χ2n) is 7.36. The van der Waals surface area contributed by atoms with Gasteiger partial charge in [-0.2, -0.15) is 0 Å². The fraction of sp³-hybridized carbons (Fsp3) is 0.526. The van der Waals surface area contributed by atoms with E-state index in [1.807, 2.05) is 0 Å². The molecule has 1 saturated heterocycles. The van der Waals surface area contributed by atoms with E-state index in [2.05, 4.69) is 42.3 Å². The quantitative estimate of drug-likeness (QED) is 0.588. The summed E-state index contributed by atoms with van der Waals surface area (Å²) in [6.07, 6.45) is 6.10. The summed E-state index contributed by atoms with van der Waals surface area (Å²) in [6.45, 7) is 2.54. The average molecular weight is 311 g/mol. The van der Waals surface area contributed by atoms with Crippen molar-refractivity contribution in [2.24, 2.45) is 5.92 Å². The van der Waals surface area contributed by atoms with Gasteiger partial charge in [0.2, 0.25) is 0 Å². The van der Waals surface area contributed by atoms with Gasteiger partial charge in [0.15, 0.2) is 6.10 Å². The van der Waals surface area contributed by atoms with E-state index in [-0.39, 0.29) is 23.6 Å². The first-order valence-corrected chi connectivity index (χ1v) is 8.46. The van der Waals surface area contributed by atoms with Gasteiger partial charge in [-0.05, 0) is 44.1 Å². The Balaban J connectivity index is 1.72. The number of hydrogen-bond donors (Lipinski definition) is 0. The minimum atomic E-state index is -0.286. The fourth-order valence-electron chi connectivity index (χ4n) is 5.48. The number of likely N-dealkylation sites (N-methyl/N-ethyl adjacent to an activating group) is 1. The summed E-state index contributed by atoms with van der Waals surface area (Å²) in [5.41, 5.74) is 2.77. The number of ether oxygens (including phenoxy) is 2. The molecule has 2 heterocycles. The maximum Gasteiger partial charge on any atom is 0.303 e. The van der Waals surface area contributed by atoms with Gasteiger partial charge in [-0.15, -0.1) is 0 Å². The summed E-state index contributed by atoms with van der Waals surface area (Å²) in [5, 5.41) is 0. The molecule has 2 bridgehead atoms. The third kappa shape index (κ3) is 1.57. The number of carbonyl (C=O) groups is 1. The summed E-state index contributed by atoms with van der Waals surface area (Å²) in [5.74, 6) is 1.20. The molecule has 0 radical (unpaired) electrons. The summed E-state index contributed by atoms with van der Waals surface area (Å²) >= 11 is 0. The maximum absolute atomic E-state index is 11.5. The van der Waals surface area contributed by atoms with Gasteiger partial charge < -0.3 is 14.4 Å². The first-order valence-electron chi connectivity index (χ1n) is 8.46. The fourth-order valence-corrected chi connectivity index (χ4v) is 5.48. The second-order valence-corrected chi connectivity index (χ2v) is 7.36. The Kier molecular flexibility index (Phi) is 2.59. The van der Waals surface area contributed by atoms with Gasteiger partial charge in [0.25, 0.3) is 0 Å². The van der Waals surface area contributed by atoms with Crippen LogP contribution in [-0.4, -0.2) is 42.7 Å². The van der Waals surface area contributed by atoms with Gasteiger partial charge in [0.05, 0.1) is 0 Å². The molecule has 1 aromatic rings. The minimum Gasteiger partial charge on any atom is -0.485 e. The van der Waals surface area contributed by atoms with Crippen LogP contribution in [-0.2, 0) is 21.4 Å². The first kappa shape index (κ1) is 13.6. The molecular weight excluding hydrogens is 290 g/mol. The number of carbonyl (C=O) groups excluding carboxylic acids is 1. The molecule has 23 heavy (non-hydrogen) atoms.